The van der Waals surface area contributed by atoms with E-state index in [1.165, 1.54) is 0 Å². The number of hydrogen-bond donors (Lipinski definition) is 3. The van der Waals surface area contributed by atoms with Gasteiger partial charge in [0.25, 0.3) is 5.91 Å². The monoisotopic (exact) mass is 565 g/mol. The van der Waals surface area contributed by atoms with E-state index in [0.29, 0.717) is 33.4 Å². The predicted octanol–water partition coefficient (Wildman–Crippen LogP) is 7.40. The molecule has 3 amide bonds. The minimum atomic E-state index is -0.459. The molecule has 0 bridgehead atoms. The second-order valence-electron chi connectivity index (χ2n) is 8.82. The molecule has 10 heteroatoms. The van der Waals surface area contributed by atoms with Crippen LogP contribution >= 0.6 is 35.0 Å². The number of amidine groups is 1. The molecular weight excluding hydrogens is 541 g/mol. The molecular formula is C28H25Cl2N5O2S. The Hall–Kier alpha value is -3.46. The fraction of sp³-hybridized carbons (Fsp3) is 0.179. The number of nitrogens with one attached hydrogen (secondary N) is 3. The van der Waals surface area contributed by atoms with Gasteiger partial charge in [0, 0.05) is 23.7 Å². The van der Waals surface area contributed by atoms with E-state index >= 15 is 0 Å². The fourth-order valence-corrected chi connectivity index (χ4v) is 5.86. The topological polar surface area (TPSA) is 85.8 Å². The number of rotatable bonds is 5. The van der Waals surface area contributed by atoms with Crippen molar-refractivity contribution in [2.75, 3.05) is 28.2 Å². The number of carbonyl (C=O) groups excluding carboxylic acids is 2. The lowest BCUT2D eigenvalue weighted by atomic mass is 9.93. The van der Waals surface area contributed by atoms with Gasteiger partial charge in [0.1, 0.15) is 0 Å². The van der Waals surface area contributed by atoms with Crippen LogP contribution in [0.1, 0.15) is 24.9 Å². The molecule has 38 heavy (non-hydrogen) atoms. The molecule has 0 aromatic heterocycles. The SMILES string of the molecule is CC1=C(C(=O)Nc2ccccc2)C(c2cccc(NC(=O)Nc3cccc(Cl)c3Cl)c2)N2CCCSC2=N1. The van der Waals surface area contributed by atoms with E-state index in [4.69, 9.17) is 28.2 Å². The number of fused-ring (bicyclic) bond motifs is 1. The molecule has 3 N–H and O–H groups in total. The van der Waals surface area contributed by atoms with Crippen LogP contribution in [0.5, 0.6) is 0 Å². The standard InChI is InChI=1S/C28H25Cl2N5O2S/c1-17-23(26(36)32-19-9-3-2-4-10-19)25(35-14-7-15-38-28(35)31-17)18-8-5-11-20(16-18)33-27(37)34-22-13-6-12-21(29)24(22)30/h2-6,8-13,16,25H,7,14-15H2,1H3,(H,32,36)(H2,33,34,37). The number of halogens is 2. The predicted molar refractivity (Wildman–Crippen MR) is 157 cm³/mol. The van der Waals surface area contributed by atoms with Crippen molar-refractivity contribution in [3.8, 4) is 0 Å². The quantitative estimate of drug-likeness (QED) is 0.301. The summed E-state index contributed by atoms with van der Waals surface area (Å²) in [6.07, 6.45) is 0.980. The van der Waals surface area contributed by atoms with Gasteiger partial charge in [-0.3, -0.25) is 4.79 Å². The maximum absolute atomic E-state index is 13.6. The highest BCUT2D eigenvalue weighted by Gasteiger charge is 2.37. The van der Waals surface area contributed by atoms with Gasteiger partial charge < -0.3 is 20.9 Å². The maximum Gasteiger partial charge on any atom is 0.323 e. The van der Waals surface area contributed by atoms with Gasteiger partial charge in [0.15, 0.2) is 5.17 Å². The summed E-state index contributed by atoms with van der Waals surface area (Å²) in [4.78, 5) is 33.3. The maximum atomic E-state index is 13.6. The number of carbonyl (C=O) groups is 2. The Balaban J connectivity index is 1.43. The van der Waals surface area contributed by atoms with Crippen LogP contribution in [0, 0.1) is 0 Å². The first kappa shape index (κ1) is 26.2. The molecule has 2 heterocycles. The molecule has 7 nitrogen and oxygen atoms in total. The number of para-hydroxylation sites is 1. The lowest BCUT2D eigenvalue weighted by Gasteiger charge is -2.41. The van der Waals surface area contributed by atoms with Gasteiger partial charge in [-0.25, -0.2) is 9.79 Å². The van der Waals surface area contributed by atoms with E-state index in [0.717, 1.165) is 29.4 Å². The van der Waals surface area contributed by atoms with Crippen molar-refractivity contribution in [1.82, 2.24) is 4.90 Å². The Morgan fingerprint density at radius 2 is 1.71 bits per heavy atom. The number of allylic oxidation sites excluding steroid dienone is 1. The van der Waals surface area contributed by atoms with Gasteiger partial charge in [-0.2, -0.15) is 0 Å². The summed E-state index contributed by atoms with van der Waals surface area (Å²) in [6, 6.07) is 21.1. The summed E-state index contributed by atoms with van der Waals surface area (Å²) >= 11 is 14.0. The summed E-state index contributed by atoms with van der Waals surface area (Å²) in [5.74, 6) is 0.776. The van der Waals surface area contributed by atoms with E-state index in [2.05, 4.69) is 20.9 Å². The van der Waals surface area contributed by atoms with Crippen molar-refractivity contribution < 1.29 is 9.59 Å². The van der Waals surface area contributed by atoms with Crippen molar-refractivity contribution in [1.29, 1.82) is 0 Å². The highest BCUT2D eigenvalue weighted by Crippen LogP contribution is 2.40. The van der Waals surface area contributed by atoms with E-state index in [-0.39, 0.29) is 17.0 Å². The number of aliphatic imine (C=N–C) groups is 1. The average Bonchev–Trinajstić information content (AvgIpc) is 2.91. The van der Waals surface area contributed by atoms with Gasteiger partial charge in [0.05, 0.1) is 33.0 Å². The van der Waals surface area contributed by atoms with Crippen molar-refractivity contribution in [3.63, 3.8) is 0 Å². The minimum absolute atomic E-state index is 0.205. The normalized spacial score (nSPS) is 16.9. The third-order valence-corrected chi connectivity index (χ3v) is 8.09. The second kappa shape index (κ2) is 11.5. The van der Waals surface area contributed by atoms with Gasteiger partial charge in [0.2, 0.25) is 0 Å². The number of anilines is 3. The average molecular weight is 567 g/mol. The van der Waals surface area contributed by atoms with Gasteiger partial charge in [-0.05, 0) is 55.3 Å². The first-order valence-corrected chi connectivity index (χ1v) is 13.8. The smallest absolute Gasteiger partial charge is 0.323 e. The molecule has 0 aliphatic carbocycles. The third-order valence-electron chi connectivity index (χ3n) is 6.19. The van der Waals surface area contributed by atoms with Crippen molar-refractivity contribution in [3.05, 3.63) is 99.7 Å². The highest BCUT2D eigenvalue weighted by molar-refractivity contribution is 8.13. The summed E-state index contributed by atoms with van der Waals surface area (Å²) in [7, 11) is 0. The number of nitrogens with zero attached hydrogens (tertiary/aromatic N) is 2. The fourth-order valence-electron chi connectivity index (χ4n) is 4.50. The molecule has 1 saturated heterocycles. The van der Waals surface area contributed by atoms with E-state index in [1.54, 1.807) is 36.0 Å². The molecule has 3 aromatic carbocycles. The van der Waals surface area contributed by atoms with Crippen LogP contribution < -0.4 is 16.0 Å². The van der Waals surface area contributed by atoms with Crippen molar-refractivity contribution in [2.24, 2.45) is 4.99 Å². The molecule has 194 valence electrons. The van der Waals surface area contributed by atoms with Gasteiger partial charge in [-0.15, -0.1) is 0 Å². The van der Waals surface area contributed by atoms with Crippen molar-refractivity contribution in [2.45, 2.75) is 19.4 Å². The number of hydrogen-bond acceptors (Lipinski definition) is 5. The molecule has 5 rings (SSSR count). The Bertz CT molecular complexity index is 1440. The molecule has 1 fully saturated rings. The third kappa shape index (κ3) is 5.67. The lowest BCUT2D eigenvalue weighted by Crippen LogP contribution is -2.43. The molecule has 1 unspecified atom stereocenters. The van der Waals surface area contributed by atoms with Crippen LogP contribution in [-0.4, -0.2) is 34.3 Å². The number of thioether (sulfide) groups is 1. The molecule has 1 atom stereocenters. The molecule has 0 saturated carbocycles. The Morgan fingerprint density at radius 3 is 2.53 bits per heavy atom. The number of amides is 3. The van der Waals surface area contributed by atoms with Gasteiger partial charge >= 0.3 is 6.03 Å². The summed E-state index contributed by atoms with van der Waals surface area (Å²) in [5.41, 5.74) is 3.82. The minimum Gasteiger partial charge on any atom is -0.340 e. The van der Waals surface area contributed by atoms with Crippen molar-refractivity contribution >= 4 is 69.1 Å². The Morgan fingerprint density at radius 1 is 0.947 bits per heavy atom. The van der Waals surface area contributed by atoms with Gasteiger partial charge in [-0.1, -0.05) is 71.4 Å². The summed E-state index contributed by atoms with van der Waals surface area (Å²) in [6.45, 7) is 2.65. The molecule has 2 aliphatic heterocycles. The summed E-state index contributed by atoms with van der Waals surface area (Å²) in [5, 5.41) is 10.1. The lowest BCUT2D eigenvalue weighted by molar-refractivity contribution is -0.113. The van der Waals surface area contributed by atoms with Crippen LogP contribution in [-0.2, 0) is 4.79 Å². The Labute approximate surface area is 235 Å². The van der Waals surface area contributed by atoms with E-state index in [1.807, 2.05) is 55.5 Å². The van der Waals surface area contributed by atoms with Crippen LogP contribution in [0.3, 0.4) is 0 Å². The molecule has 0 spiro atoms. The van der Waals surface area contributed by atoms with Crippen LogP contribution in [0.25, 0.3) is 0 Å². The van der Waals surface area contributed by atoms with E-state index in [9.17, 15) is 9.59 Å². The molecule has 2 aliphatic rings. The number of benzene rings is 3. The largest absolute Gasteiger partial charge is 0.340 e. The zero-order chi connectivity index (χ0) is 26.6. The first-order valence-electron chi connectivity index (χ1n) is 12.1. The highest BCUT2D eigenvalue weighted by atomic mass is 35.5. The number of urea groups is 1. The van der Waals surface area contributed by atoms with E-state index < -0.39 is 6.03 Å². The molecule has 0 radical (unpaired) electrons. The van der Waals surface area contributed by atoms with Crippen LogP contribution in [0.2, 0.25) is 10.0 Å². The van der Waals surface area contributed by atoms with Crippen LogP contribution in [0.4, 0.5) is 21.9 Å². The molecule has 3 aromatic rings. The zero-order valence-corrected chi connectivity index (χ0v) is 22.8. The Kier molecular flexibility index (Phi) is 7.93. The van der Waals surface area contributed by atoms with Crippen LogP contribution in [0.15, 0.2) is 89.1 Å². The summed E-state index contributed by atoms with van der Waals surface area (Å²) < 4.78 is 0. The first-order chi connectivity index (χ1) is 18.4. The zero-order valence-electron chi connectivity index (χ0n) is 20.5. The second-order valence-corrected chi connectivity index (χ2v) is 10.7.